The number of benzene rings is 1. The van der Waals surface area contributed by atoms with Gasteiger partial charge < -0.3 is 10.2 Å². The standard InChI is InChI=1S/C16H19NO4S/c1-3-10(4-2)9-17-15(20)14(22-16(17)21)8-11-5-6-12(18)13(19)7-11/h5-8,10,18-19H,3-4,9H2,1-2H3/b14-8-. The van der Waals surface area contributed by atoms with Gasteiger partial charge in [-0.15, -0.1) is 0 Å². The first-order valence-corrected chi connectivity index (χ1v) is 8.05. The molecular weight excluding hydrogens is 302 g/mol. The number of amides is 2. The minimum Gasteiger partial charge on any atom is -0.504 e. The van der Waals surface area contributed by atoms with Crippen LogP contribution in [0.4, 0.5) is 4.79 Å². The summed E-state index contributed by atoms with van der Waals surface area (Å²) in [5.41, 5.74) is 0.559. The van der Waals surface area contributed by atoms with Gasteiger partial charge in [-0.1, -0.05) is 32.8 Å². The zero-order valence-corrected chi connectivity index (χ0v) is 13.4. The van der Waals surface area contributed by atoms with E-state index in [0.29, 0.717) is 22.9 Å². The van der Waals surface area contributed by atoms with E-state index in [2.05, 4.69) is 0 Å². The van der Waals surface area contributed by atoms with E-state index < -0.39 is 0 Å². The van der Waals surface area contributed by atoms with Crippen molar-refractivity contribution in [2.45, 2.75) is 26.7 Å². The van der Waals surface area contributed by atoms with Crippen molar-refractivity contribution in [2.75, 3.05) is 6.54 Å². The first kappa shape index (κ1) is 16.4. The lowest BCUT2D eigenvalue weighted by atomic mass is 10.0. The zero-order valence-electron chi connectivity index (χ0n) is 12.6. The Morgan fingerprint density at radius 2 is 1.86 bits per heavy atom. The van der Waals surface area contributed by atoms with Crippen LogP contribution >= 0.6 is 11.8 Å². The smallest absolute Gasteiger partial charge is 0.293 e. The molecule has 2 amide bonds. The second-order valence-electron chi connectivity index (χ2n) is 5.22. The third-order valence-electron chi connectivity index (χ3n) is 3.77. The molecule has 1 aromatic carbocycles. The summed E-state index contributed by atoms with van der Waals surface area (Å²) >= 11 is 0.904. The highest BCUT2D eigenvalue weighted by Crippen LogP contribution is 2.34. The van der Waals surface area contributed by atoms with Gasteiger partial charge in [-0.25, -0.2) is 0 Å². The molecule has 5 nitrogen and oxygen atoms in total. The Morgan fingerprint density at radius 1 is 1.18 bits per heavy atom. The average Bonchev–Trinajstić information content (AvgIpc) is 2.75. The molecule has 0 aromatic heterocycles. The molecule has 6 heteroatoms. The minimum absolute atomic E-state index is 0.223. The van der Waals surface area contributed by atoms with E-state index in [9.17, 15) is 19.8 Å². The molecule has 0 spiro atoms. The van der Waals surface area contributed by atoms with Gasteiger partial charge in [-0.3, -0.25) is 14.5 Å². The third-order valence-corrected chi connectivity index (χ3v) is 4.67. The van der Waals surface area contributed by atoms with E-state index in [4.69, 9.17) is 0 Å². The van der Waals surface area contributed by atoms with Gasteiger partial charge >= 0.3 is 0 Å². The molecule has 2 N–H and O–H groups in total. The molecule has 1 aliphatic heterocycles. The SMILES string of the molecule is CCC(CC)CN1C(=O)S/C(=C\c2ccc(O)c(O)c2)C1=O. The van der Waals surface area contributed by atoms with Gasteiger partial charge in [0.25, 0.3) is 11.1 Å². The summed E-state index contributed by atoms with van der Waals surface area (Å²) in [5.74, 6) is -0.468. The highest BCUT2D eigenvalue weighted by Gasteiger charge is 2.35. The van der Waals surface area contributed by atoms with Crippen LogP contribution in [-0.4, -0.2) is 32.8 Å². The van der Waals surface area contributed by atoms with Crippen molar-refractivity contribution in [3.05, 3.63) is 28.7 Å². The number of phenolic OH excluding ortho intramolecular Hbond substituents is 2. The molecule has 0 radical (unpaired) electrons. The van der Waals surface area contributed by atoms with Crippen molar-refractivity contribution in [2.24, 2.45) is 5.92 Å². The number of imide groups is 1. The monoisotopic (exact) mass is 321 g/mol. The third kappa shape index (κ3) is 3.44. The number of carbonyl (C=O) groups is 2. The Kier molecular flexibility index (Phi) is 5.13. The van der Waals surface area contributed by atoms with Crippen LogP contribution < -0.4 is 0 Å². The summed E-state index contributed by atoms with van der Waals surface area (Å²) in [6.45, 7) is 4.53. The molecule has 2 rings (SSSR count). The number of thioether (sulfide) groups is 1. The maximum Gasteiger partial charge on any atom is 0.293 e. The van der Waals surface area contributed by atoms with Crippen LogP contribution in [0.15, 0.2) is 23.1 Å². The molecule has 0 atom stereocenters. The van der Waals surface area contributed by atoms with Gasteiger partial charge in [0.2, 0.25) is 0 Å². The van der Waals surface area contributed by atoms with E-state index in [1.54, 1.807) is 12.1 Å². The first-order chi connectivity index (χ1) is 10.5. The number of nitrogens with zero attached hydrogens (tertiary/aromatic N) is 1. The highest BCUT2D eigenvalue weighted by molar-refractivity contribution is 8.18. The predicted molar refractivity (Wildman–Crippen MR) is 86.5 cm³/mol. The fraction of sp³-hybridized carbons (Fsp3) is 0.375. The second-order valence-corrected chi connectivity index (χ2v) is 6.22. The largest absolute Gasteiger partial charge is 0.504 e. The zero-order chi connectivity index (χ0) is 16.3. The number of hydrogen-bond donors (Lipinski definition) is 2. The molecule has 1 aliphatic rings. The van der Waals surface area contributed by atoms with Crippen LogP contribution in [0, 0.1) is 5.92 Å². The summed E-state index contributed by atoms with van der Waals surface area (Å²) in [7, 11) is 0. The Balaban J connectivity index is 2.20. The van der Waals surface area contributed by atoms with Gasteiger partial charge in [0.1, 0.15) is 0 Å². The molecule has 1 heterocycles. The molecule has 0 saturated carbocycles. The summed E-state index contributed by atoms with van der Waals surface area (Å²) in [6.07, 6.45) is 3.39. The van der Waals surface area contributed by atoms with Crippen molar-refractivity contribution >= 4 is 29.0 Å². The number of phenols is 2. The molecule has 1 saturated heterocycles. The van der Waals surface area contributed by atoms with Crippen LogP contribution in [-0.2, 0) is 4.79 Å². The van der Waals surface area contributed by atoms with Gasteiger partial charge in [-0.2, -0.15) is 0 Å². The second kappa shape index (κ2) is 6.87. The van der Waals surface area contributed by atoms with Gasteiger partial charge in [0, 0.05) is 6.54 Å². The number of aromatic hydroxyl groups is 2. The summed E-state index contributed by atoms with van der Waals surface area (Å²) in [6, 6.07) is 4.27. The topological polar surface area (TPSA) is 77.8 Å². The van der Waals surface area contributed by atoms with Gasteiger partial charge in [0.05, 0.1) is 4.91 Å². The molecule has 22 heavy (non-hydrogen) atoms. The van der Waals surface area contributed by atoms with Crippen LogP contribution in [0.3, 0.4) is 0 Å². The molecule has 1 fully saturated rings. The Morgan fingerprint density at radius 3 is 2.45 bits per heavy atom. The van der Waals surface area contributed by atoms with Crippen molar-refractivity contribution < 1.29 is 19.8 Å². The van der Waals surface area contributed by atoms with E-state index in [-0.39, 0.29) is 22.6 Å². The van der Waals surface area contributed by atoms with Gasteiger partial charge in [-0.05, 0) is 41.5 Å². The van der Waals surface area contributed by atoms with Crippen molar-refractivity contribution in [3.8, 4) is 11.5 Å². The van der Waals surface area contributed by atoms with E-state index in [1.165, 1.54) is 17.0 Å². The molecule has 118 valence electrons. The van der Waals surface area contributed by atoms with E-state index in [1.807, 2.05) is 13.8 Å². The predicted octanol–water partition coefficient (Wildman–Crippen LogP) is 3.57. The van der Waals surface area contributed by atoms with Crippen LogP contribution in [0.5, 0.6) is 11.5 Å². The number of hydrogen-bond acceptors (Lipinski definition) is 5. The number of rotatable bonds is 5. The lowest BCUT2D eigenvalue weighted by Crippen LogP contribution is -2.33. The van der Waals surface area contributed by atoms with E-state index in [0.717, 1.165) is 24.6 Å². The Hall–Kier alpha value is -1.95. The van der Waals surface area contributed by atoms with Crippen LogP contribution in [0.1, 0.15) is 32.3 Å². The summed E-state index contributed by atoms with van der Waals surface area (Å²) in [5, 5.41) is 18.5. The fourth-order valence-electron chi connectivity index (χ4n) is 2.24. The Labute approximate surface area is 133 Å². The van der Waals surface area contributed by atoms with Crippen molar-refractivity contribution in [1.82, 2.24) is 4.90 Å². The highest BCUT2D eigenvalue weighted by atomic mass is 32.2. The molecular formula is C16H19NO4S. The normalized spacial score (nSPS) is 17.0. The number of carbonyl (C=O) groups excluding carboxylic acids is 2. The minimum atomic E-state index is -0.297. The molecule has 0 unspecified atom stereocenters. The van der Waals surface area contributed by atoms with E-state index >= 15 is 0 Å². The summed E-state index contributed by atoms with van der Waals surface area (Å²) in [4.78, 5) is 26.0. The maximum absolute atomic E-state index is 12.3. The lowest BCUT2D eigenvalue weighted by molar-refractivity contribution is -0.123. The molecule has 1 aromatic rings. The van der Waals surface area contributed by atoms with Crippen LogP contribution in [0.2, 0.25) is 0 Å². The fourth-order valence-corrected chi connectivity index (χ4v) is 3.09. The quantitative estimate of drug-likeness (QED) is 0.640. The molecule has 0 bridgehead atoms. The van der Waals surface area contributed by atoms with Crippen LogP contribution in [0.25, 0.3) is 6.08 Å². The van der Waals surface area contributed by atoms with Gasteiger partial charge in [0.15, 0.2) is 11.5 Å². The van der Waals surface area contributed by atoms with Crippen molar-refractivity contribution in [1.29, 1.82) is 0 Å². The summed E-state index contributed by atoms with van der Waals surface area (Å²) < 4.78 is 0. The van der Waals surface area contributed by atoms with Crippen molar-refractivity contribution in [3.63, 3.8) is 0 Å². The first-order valence-electron chi connectivity index (χ1n) is 7.23. The average molecular weight is 321 g/mol. The lowest BCUT2D eigenvalue weighted by Gasteiger charge is -2.18. The maximum atomic E-state index is 12.3. The molecule has 0 aliphatic carbocycles. The Bertz CT molecular complexity index is 623.